The SMILES string of the molecule is CC(=O)N(C)Cc1ccccc1N1CCNCC1. The molecule has 0 unspecified atom stereocenters. The fraction of sp³-hybridized carbons (Fsp3) is 0.500. The topological polar surface area (TPSA) is 35.6 Å². The highest BCUT2D eigenvalue weighted by molar-refractivity contribution is 5.73. The third-order valence-corrected chi connectivity index (χ3v) is 3.39. The normalized spacial score (nSPS) is 15.6. The Kier molecular flexibility index (Phi) is 4.20. The predicted molar refractivity (Wildman–Crippen MR) is 73.7 cm³/mol. The van der Waals surface area contributed by atoms with Gasteiger partial charge in [0.1, 0.15) is 0 Å². The molecule has 1 saturated heterocycles. The van der Waals surface area contributed by atoms with Crippen molar-refractivity contribution in [3.8, 4) is 0 Å². The fourth-order valence-electron chi connectivity index (χ4n) is 2.23. The van der Waals surface area contributed by atoms with Gasteiger partial charge in [-0.1, -0.05) is 18.2 Å². The number of anilines is 1. The summed E-state index contributed by atoms with van der Waals surface area (Å²) in [5.74, 6) is 0.102. The summed E-state index contributed by atoms with van der Waals surface area (Å²) in [4.78, 5) is 15.5. The van der Waals surface area contributed by atoms with Crippen LogP contribution in [0.5, 0.6) is 0 Å². The summed E-state index contributed by atoms with van der Waals surface area (Å²) >= 11 is 0. The zero-order valence-electron chi connectivity index (χ0n) is 11.1. The maximum atomic E-state index is 11.3. The molecule has 4 heteroatoms. The highest BCUT2D eigenvalue weighted by Crippen LogP contribution is 2.22. The minimum Gasteiger partial charge on any atom is -0.369 e. The molecule has 0 aromatic heterocycles. The third kappa shape index (κ3) is 3.01. The molecule has 2 rings (SSSR count). The molecule has 1 fully saturated rings. The smallest absolute Gasteiger partial charge is 0.219 e. The van der Waals surface area contributed by atoms with Crippen molar-refractivity contribution in [2.75, 3.05) is 38.1 Å². The Balaban J connectivity index is 2.16. The van der Waals surface area contributed by atoms with Crippen molar-refractivity contribution in [3.05, 3.63) is 29.8 Å². The summed E-state index contributed by atoms with van der Waals surface area (Å²) in [6, 6.07) is 8.36. The van der Waals surface area contributed by atoms with Gasteiger partial charge >= 0.3 is 0 Å². The number of amides is 1. The fourth-order valence-corrected chi connectivity index (χ4v) is 2.23. The first-order chi connectivity index (χ1) is 8.68. The van der Waals surface area contributed by atoms with Crippen LogP contribution in [0.4, 0.5) is 5.69 Å². The van der Waals surface area contributed by atoms with Crippen molar-refractivity contribution in [3.63, 3.8) is 0 Å². The lowest BCUT2D eigenvalue weighted by molar-refractivity contribution is -0.128. The molecule has 0 saturated carbocycles. The van der Waals surface area contributed by atoms with Crippen molar-refractivity contribution in [2.45, 2.75) is 13.5 Å². The van der Waals surface area contributed by atoms with Crippen LogP contribution in [0.2, 0.25) is 0 Å². The van der Waals surface area contributed by atoms with Gasteiger partial charge < -0.3 is 15.1 Å². The zero-order chi connectivity index (χ0) is 13.0. The lowest BCUT2D eigenvalue weighted by Crippen LogP contribution is -2.44. The van der Waals surface area contributed by atoms with Crippen LogP contribution in [0.25, 0.3) is 0 Å². The molecule has 0 atom stereocenters. The summed E-state index contributed by atoms with van der Waals surface area (Å²) in [5, 5.41) is 3.36. The molecule has 1 aliphatic rings. The lowest BCUT2D eigenvalue weighted by atomic mass is 10.1. The van der Waals surface area contributed by atoms with Crippen molar-refractivity contribution in [2.24, 2.45) is 0 Å². The predicted octanol–water partition coefficient (Wildman–Crippen LogP) is 1.07. The Bertz CT molecular complexity index is 413. The summed E-state index contributed by atoms with van der Waals surface area (Å²) < 4.78 is 0. The van der Waals surface area contributed by atoms with Gasteiger partial charge in [-0.2, -0.15) is 0 Å². The Hall–Kier alpha value is -1.55. The second kappa shape index (κ2) is 5.87. The van der Waals surface area contributed by atoms with E-state index in [1.807, 2.05) is 13.1 Å². The van der Waals surface area contributed by atoms with E-state index in [9.17, 15) is 4.79 Å². The molecule has 1 heterocycles. The van der Waals surface area contributed by atoms with Gasteiger partial charge in [0.15, 0.2) is 0 Å². The molecule has 4 nitrogen and oxygen atoms in total. The zero-order valence-corrected chi connectivity index (χ0v) is 11.1. The van der Waals surface area contributed by atoms with Crippen molar-refractivity contribution < 1.29 is 4.79 Å². The van der Waals surface area contributed by atoms with E-state index in [2.05, 4.69) is 28.4 Å². The number of hydrogen-bond donors (Lipinski definition) is 1. The Morgan fingerprint density at radius 2 is 2.00 bits per heavy atom. The molecule has 1 N–H and O–H groups in total. The van der Waals surface area contributed by atoms with E-state index in [1.165, 1.54) is 11.3 Å². The van der Waals surface area contributed by atoms with Crippen LogP contribution < -0.4 is 10.2 Å². The standard InChI is InChI=1S/C14H21N3O/c1-12(18)16(2)11-13-5-3-4-6-14(13)17-9-7-15-8-10-17/h3-6,15H,7-11H2,1-2H3. The lowest BCUT2D eigenvalue weighted by Gasteiger charge is -2.31. The van der Waals surface area contributed by atoms with Crippen LogP contribution in [-0.2, 0) is 11.3 Å². The molecule has 18 heavy (non-hydrogen) atoms. The second-order valence-electron chi connectivity index (χ2n) is 4.74. The number of nitrogens with one attached hydrogen (secondary N) is 1. The average molecular weight is 247 g/mol. The van der Waals surface area contributed by atoms with Gasteiger partial charge in [-0.05, 0) is 11.6 Å². The number of carbonyl (C=O) groups is 1. The Labute approximate surface area is 109 Å². The Morgan fingerprint density at radius 3 is 2.67 bits per heavy atom. The van der Waals surface area contributed by atoms with E-state index in [0.717, 1.165) is 26.2 Å². The first-order valence-electron chi connectivity index (χ1n) is 6.44. The van der Waals surface area contributed by atoms with Gasteiger partial charge in [-0.15, -0.1) is 0 Å². The Morgan fingerprint density at radius 1 is 1.33 bits per heavy atom. The molecule has 1 aliphatic heterocycles. The van der Waals surface area contributed by atoms with Crippen molar-refractivity contribution in [1.82, 2.24) is 10.2 Å². The van der Waals surface area contributed by atoms with Crippen LogP contribution in [0.15, 0.2) is 24.3 Å². The summed E-state index contributed by atoms with van der Waals surface area (Å²) in [6.45, 7) is 6.39. The summed E-state index contributed by atoms with van der Waals surface area (Å²) in [6.07, 6.45) is 0. The van der Waals surface area contributed by atoms with Crippen LogP contribution >= 0.6 is 0 Å². The monoisotopic (exact) mass is 247 g/mol. The van der Waals surface area contributed by atoms with Crippen molar-refractivity contribution in [1.29, 1.82) is 0 Å². The first kappa shape index (κ1) is 12.9. The van der Waals surface area contributed by atoms with Gasteiger partial charge in [-0.25, -0.2) is 0 Å². The van der Waals surface area contributed by atoms with Gasteiger partial charge in [-0.3, -0.25) is 4.79 Å². The number of para-hydroxylation sites is 1. The number of hydrogen-bond acceptors (Lipinski definition) is 3. The molecular weight excluding hydrogens is 226 g/mol. The molecule has 1 aromatic carbocycles. The highest BCUT2D eigenvalue weighted by Gasteiger charge is 2.15. The van der Waals surface area contributed by atoms with Gasteiger partial charge in [0, 0.05) is 52.4 Å². The number of nitrogens with zero attached hydrogens (tertiary/aromatic N) is 2. The highest BCUT2D eigenvalue weighted by atomic mass is 16.2. The van der Waals surface area contributed by atoms with E-state index in [0.29, 0.717) is 6.54 Å². The third-order valence-electron chi connectivity index (χ3n) is 3.39. The molecule has 0 spiro atoms. The van der Waals surface area contributed by atoms with E-state index in [1.54, 1.807) is 11.8 Å². The van der Waals surface area contributed by atoms with Crippen LogP contribution in [0.3, 0.4) is 0 Å². The minimum atomic E-state index is 0.102. The average Bonchev–Trinajstić information content (AvgIpc) is 2.40. The molecule has 1 amide bonds. The van der Waals surface area contributed by atoms with E-state index in [-0.39, 0.29) is 5.91 Å². The maximum absolute atomic E-state index is 11.3. The quantitative estimate of drug-likeness (QED) is 0.868. The van der Waals surface area contributed by atoms with Gasteiger partial charge in [0.2, 0.25) is 5.91 Å². The molecule has 0 bridgehead atoms. The number of rotatable bonds is 3. The first-order valence-corrected chi connectivity index (χ1v) is 6.44. The second-order valence-corrected chi connectivity index (χ2v) is 4.74. The summed E-state index contributed by atoms with van der Waals surface area (Å²) in [5.41, 5.74) is 2.48. The molecular formula is C14H21N3O. The van der Waals surface area contributed by atoms with Crippen LogP contribution in [0.1, 0.15) is 12.5 Å². The summed E-state index contributed by atoms with van der Waals surface area (Å²) in [7, 11) is 1.84. The number of carbonyl (C=O) groups excluding carboxylic acids is 1. The van der Waals surface area contributed by atoms with Crippen LogP contribution in [0, 0.1) is 0 Å². The minimum absolute atomic E-state index is 0.102. The molecule has 0 aliphatic carbocycles. The van der Waals surface area contributed by atoms with Crippen molar-refractivity contribution >= 4 is 11.6 Å². The van der Waals surface area contributed by atoms with E-state index >= 15 is 0 Å². The largest absolute Gasteiger partial charge is 0.369 e. The molecule has 0 radical (unpaired) electrons. The van der Waals surface area contributed by atoms with E-state index < -0.39 is 0 Å². The van der Waals surface area contributed by atoms with Gasteiger partial charge in [0.05, 0.1) is 0 Å². The number of piperazine rings is 1. The molecule has 1 aromatic rings. The van der Waals surface area contributed by atoms with E-state index in [4.69, 9.17) is 0 Å². The molecule has 98 valence electrons. The number of benzene rings is 1. The van der Waals surface area contributed by atoms with Crippen LogP contribution in [-0.4, -0.2) is 44.0 Å². The maximum Gasteiger partial charge on any atom is 0.219 e. The van der Waals surface area contributed by atoms with Gasteiger partial charge in [0.25, 0.3) is 0 Å².